The molecule has 1 amide bonds. The monoisotopic (exact) mass is 517 g/mol. The number of alkyl halides is 3. The number of rotatable bonds is 4. The highest BCUT2D eigenvalue weighted by molar-refractivity contribution is 7.20. The number of aryl methyl sites for hydroxylation is 1. The second kappa shape index (κ2) is 8.92. The number of ether oxygens (including phenoxy) is 1. The summed E-state index contributed by atoms with van der Waals surface area (Å²) >= 11 is 1.10. The molecule has 0 saturated carbocycles. The summed E-state index contributed by atoms with van der Waals surface area (Å²) in [5.74, 6) is -1.08. The van der Waals surface area contributed by atoms with Crippen molar-refractivity contribution in [1.29, 1.82) is 0 Å². The first kappa shape index (κ1) is 24.3. The van der Waals surface area contributed by atoms with Crippen LogP contribution in [0.4, 0.5) is 17.6 Å². The normalized spacial score (nSPS) is 15.7. The van der Waals surface area contributed by atoms with Crippen LogP contribution in [0.3, 0.4) is 0 Å². The van der Waals surface area contributed by atoms with Crippen molar-refractivity contribution in [2.45, 2.75) is 45.3 Å². The first-order valence-corrected chi connectivity index (χ1v) is 12.3. The fraction of sp³-hybridized carbons (Fsp3) is 0.308. The molecule has 0 unspecified atom stereocenters. The van der Waals surface area contributed by atoms with Gasteiger partial charge in [-0.3, -0.25) is 4.79 Å². The number of carbonyl (C=O) groups is 1. The lowest BCUT2D eigenvalue weighted by Crippen LogP contribution is -2.32. The number of nitrogens with one attached hydrogen (secondary N) is 1. The summed E-state index contributed by atoms with van der Waals surface area (Å²) < 4.78 is 62.4. The number of carbonyl (C=O) groups excluding carboxylic acids is 1. The van der Waals surface area contributed by atoms with Crippen LogP contribution in [0.5, 0.6) is 5.75 Å². The highest BCUT2D eigenvalue weighted by atomic mass is 32.1. The zero-order valence-corrected chi connectivity index (χ0v) is 20.6. The molecule has 0 saturated heterocycles. The Hall–Kier alpha value is -3.40. The number of aromatic nitrogens is 2. The van der Waals surface area contributed by atoms with E-state index >= 15 is 4.39 Å². The number of thiazole rings is 1. The van der Waals surface area contributed by atoms with E-state index < -0.39 is 17.6 Å². The van der Waals surface area contributed by atoms with Crippen LogP contribution in [0.25, 0.3) is 16.0 Å². The van der Waals surface area contributed by atoms with Crippen LogP contribution in [0.2, 0.25) is 0 Å². The van der Waals surface area contributed by atoms with Crippen molar-refractivity contribution in [3.05, 3.63) is 75.7 Å². The summed E-state index contributed by atoms with van der Waals surface area (Å²) in [4.78, 5) is 14.3. The van der Waals surface area contributed by atoms with E-state index in [9.17, 15) is 18.0 Å². The molecule has 188 valence electrons. The number of nitrogens with zero attached hydrogens (tertiary/aromatic N) is 2. The lowest BCUT2D eigenvalue weighted by Gasteiger charge is -2.26. The maximum Gasteiger partial charge on any atom is 0.419 e. The summed E-state index contributed by atoms with van der Waals surface area (Å²) in [5, 5.41) is 7.59. The minimum absolute atomic E-state index is 0.125. The quantitative estimate of drug-likeness (QED) is 0.300. The van der Waals surface area contributed by atoms with Gasteiger partial charge in [0.15, 0.2) is 0 Å². The first-order valence-electron chi connectivity index (χ1n) is 11.5. The van der Waals surface area contributed by atoms with E-state index in [2.05, 4.69) is 10.4 Å². The molecule has 0 spiro atoms. The van der Waals surface area contributed by atoms with Gasteiger partial charge in [0.1, 0.15) is 21.3 Å². The Morgan fingerprint density at radius 2 is 1.94 bits per heavy atom. The highest BCUT2D eigenvalue weighted by Gasteiger charge is 2.36. The van der Waals surface area contributed by atoms with Gasteiger partial charge in [0.25, 0.3) is 5.91 Å². The molecular formula is C26H23F4N3O2S. The van der Waals surface area contributed by atoms with Gasteiger partial charge in [-0.1, -0.05) is 44.2 Å². The Morgan fingerprint density at radius 1 is 1.19 bits per heavy atom. The smallest absolute Gasteiger partial charge is 0.419 e. The van der Waals surface area contributed by atoms with E-state index in [1.165, 1.54) is 12.1 Å². The van der Waals surface area contributed by atoms with Crippen LogP contribution in [-0.2, 0) is 6.18 Å². The Bertz CT molecular complexity index is 1470. The molecule has 0 fully saturated rings. The van der Waals surface area contributed by atoms with Gasteiger partial charge in [-0.05, 0) is 25.0 Å². The molecule has 0 aliphatic carbocycles. The Kier molecular flexibility index (Phi) is 6.02. The van der Waals surface area contributed by atoms with Crippen molar-refractivity contribution >= 4 is 22.1 Å². The van der Waals surface area contributed by atoms with Gasteiger partial charge >= 0.3 is 6.18 Å². The number of amides is 1. The Morgan fingerprint density at radius 3 is 2.67 bits per heavy atom. The molecule has 2 aromatic heterocycles. The van der Waals surface area contributed by atoms with E-state index in [-0.39, 0.29) is 29.0 Å². The summed E-state index contributed by atoms with van der Waals surface area (Å²) in [5.41, 5.74) is 0.601. The molecule has 1 aliphatic rings. The van der Waals surface area contributed by atoms with Gasteiger partial charge in [0.05, 0.1) is 29.6 Å². The average molecular weight is 518 g/mol. The number of para-hydroxylation sites is 1. The number of halogens is 4. The molecule has 3 heterocycles. The van der Waals surface area contributed by atoms with Crippen LogP contribution in [-0.4, -0.2) is 22.1 Å². The van der Waals surface area contributed by atoms with Crippen molar-refractivity contribution in [2.75, 3.05) is 6.61 Å². The highest BCUT2D eigenvalue weighted by Crippen LogP contribution is 2.41. The number of hydrogen-bond acceptors (Lipinski definition) is 4. The van der Waals surface area contributed by atoms with Crippen LogP contribution >= 0.6 is 11.3 Å². The summed E-state index contributed by atoms with van der Waals surface area (Å²) in [6.45, 7) is 5.90. The predicted octanol–water partition coefficient (Wildman–Crippen LogP) is 6.91. The second-order valence-electron chi connectivity index (χ2n) is 9.01. The van der Waals surface area contributed by atoms with Crippen molar-refractivity contribution in [3.8, 4) is 16.9 Å². The molecule has 10 heteroatoms. The average Bonchev–Trinajstić information content (AvgIpc) is 3.33. The van der Waals surface area contributed by atoms with Crippen molar-refractivity contribution < 1.29 is 27.1 Å². The minimum atomic E-state index is -4.83. The van der Waals surface area contributed by atoms with Crippen LogP contribution in [0, 0.1) is 12.7 Å². The fourth-order valence-electron chi connectivity index (χ4n) is 4.65. The van der Waals surface area contributed by atoms with Crippen molar-refractivity contribution in [1.82, 2.24) is 14.9 Å². The third-order valence-corrected chi connectivity index (χ3v) is 7.44. The van der Waals surface area contributed by atoms with E-state index in [1.54, 1.807) is 11.4 Å². The predicted molar refractivity (Wildman–Crippen MR) is 129 cm³/mol. The van der Waals surface area contributed by atoms with Crippen LogP contribution < -0.4 is 10.1 Å². The lowest BCUT2D eigenvalue weighted by molar-refractivity contribution is -0.139. The zero-order valence-electron chi connectivity index (χ0n) is 19.7. The molecule has 1 aliphatic heterocycles. The standard InChI is InChI=1S/C26H23F4N3O2S/c1-13(2)22-23(24(34)31-18-11-12-35-19-10-5-4-7-15(18)19)36-25-20(14(3)32-33(22)25)16-8-6-9-17(21(16)27)26(28,29)30/h4-10,13,18H,11-12H2,1-3H3,(H,31,34)/t18-/m0/s1. The van der Waals surface area contributed by atoms with Gasteiger partial charge in [-0.2, -0.15) is 18.3 Å². The SMILES string of the molecule is Cc1nn2c(C(C)C)c(C(=O)N[C@H]3CCOc4ccccc43)sc2c1-c1cccc(C(F)(F)F)c1F. The number of fused-ring (bicyclic) bond motifs is 2. The largest absolute Gasteiger partial charge is 0.493 e. The molecule has 5 rings (SSSR count). The third kappa shape index (κ3) is 4.03. The molecule has 1 N–H and O–H groups in total. The Balaban J connectivity index is 1.60. The summed E-state index contributed by atoms with van der Waals surface area (Å²) in [6.07, 6.45) is -4.23. The molecule has 5 nitrogen and oxygen atoms in total. The number of hydrogen-bond donors (Lipinski definition) is 1. The maximum absolute atomic E-state index is 15.1. The van der Waals surface area contributed by atoms with E-state index in [0.29, 0.717) is 40.2 Å². The zero-order chi connectivity index (χ0) is 25.8. The summed E-state index contributed by atoms with van der Waals surface area (Å²) in [7, 11) is 0. The molecule has 0 bridgehead atoms. The van der Waals surface area contributed by atoms with E-state index in [4.69, 9.17) is 4.74 Å². The van der Waals surface area contributed by atoms with E-state index in [1.807, 2.05) is 38.1 Å². The number of benzene rings is 2. The van der Waals surface area contributed by atoms with E-state index in [0.717, 1.165) is 22.6 Å². The minimum Gasteiger partial charge on any atom is -0.493 e. The molecule has 2 aromatic carbocycles. The molecule has 36 heavy (non-hydrogen) atoms. The van der Waals surface area contributed by atoms with Crippen LogP contribution in [0.15, 0.2) is 42.5 Å². The lowest BCUT2D eigenvalue weighted by atomic mass is 10.0. The van der Waals surface area contributed by atoms with Gasteiger partial charge in [-0.25, -0.2) is 8.91 Å². The fourth-order valence-corrected chi connectivity index (χ4v) is 6.01. The van der Waals surface area contributed by atoms with Gasteiger partial charge in [-0.15, -0.1) is 11.3 Å². The molecule has 1 atom stereocenters. The van der Waals surface area contributed by atoms with Gasteiger partial charge in [0, 0.05) is 23.1 Å². The molecule has 0 radical (unpaired) electrons. The topological polar surface area (TPSA) is 55.6 Å². The van der Waals surface area contributed by atoms with Crippen molar-refractivity contribution in [2.24, 2.45) is 0 Å². The summed E-state index contributed by atoms with van der Waals surface area (Å²) in [6, 6.07) is 10.5. The second-order valence-corrected chi connectivity index (χ2v) is 10.0. The van der Waals surface area contributed by atoms with Gasteiger partial charge in [0.2, 0.25) is 0 Å². The molecular weight excluding hydrogens is 494 g/mol. The Labute approximate surface area is 208 Å². The van der Waals surface area contributed by atoms with Gasteiger partial charge < -0.3 is 10.1 Å². The first-order chi connectivity index (χ1) is 17.1. The van der Waals surface area contributed by atoms with Crippen LogP contribution in [0.1, 0.15) is 64.4 Å². The molecule has 4 aromatic rings. The maximum atomic E-state index is 15.1. The van der Waals surface area contributed by atoms with Crippen molar-refractivity contribution in [3.63, 3.8) is 0 Å². The third-order valence-electron chi connectivity index (χ3n) is 6.27.